The molecule has 0 aliphatic carbocycles. The van der Waals surface area contributed by atoms with Crippen molar-refractivity contribution in [3.63, 3.8) is 0 Å². The second-order valence-electron chi connectivity index (χ2n) is 1.14. The number of nitrogens with one attached hydrogen (secondary N) is 2. The molecule has 1 aromatic rings. The predicted molar refractivity (Wildman–Crippen MR) is 23.1 cm³/mol. The Morgan fingerprint density at radius 2 is 2.29 bits per heavy atom. The molecule has 0 aliphatic rings. The largest absolute Gasteiger partial charge is 0.494 e. The lowest BCUT2D eigenvalue weighted by Crippen LogP contribution is -1.93. The number of aromatic nitrogens is 2. The van der Waals surface area contributed by atoms with Gasteiger partial charge in [0.1, 0.15) is 0 Å². The molecule has 0 aromatic carbocycles. The van der Waals surface area contributed by atoms with Gasteiger partial charge in [-0.05, 0) is 0 Å². The van der Waals surface area contributed by atoms with Gasteiger partial charge < -0.3 is 5.11 Å². The Hall–Kier alpha value is -1.19. The van der Waals surface area contributed by atoms with Crippen molar-refractivity contribution in [2.45, 2.75) is 0 Å². The highest BCUT2D eigenvalue weighted by molar-refractivity contribution is 5.00. The summed E-state index contributed by atoms with van der Waals surface area (Å²) in [6.45, 7) is 0. The van der Waals surface area contributed by atoms with Crippen molar-refractivity contribution in [2.75, 3.05) is 0 Å². The van der Waals surface area contributed by atoms with Crippen molar-refractivity contribution in [3.8, 4) is 5.88 Å². The zero-order valence-electron chi connectivity index (χ0n) is 3.43. The Labute approximate surface area is 38.8 Å². The predicted octanol–water partition coefficient (Wildman–Crippen LogP) is -0.591. The highest BCUT2D eigenvalue weighted by atomic mass is 16.3. The van der Waals surface area contributed by atoms with Crippen molar-refractivity contribution in [3.05, 3.63) is 16.4 Å². The van der Waals surface area contributed by atoms with Crippen molar-refractivity contribution >= 4 is 0 Å². The number of hydrogen-bond acceptors (Lipinski definition) is 2. The lowest BCUT2D eigenvalue weighted by atomic mass is 10.7. The molecule has 0 fully saturated rings. The molecule has 4 nitrogen and oxygen atoms in total. The smallest absolute Gasteiger partial charge is 0.267 e. The van der Waals surface area contributed by atoms with Gasteiger partial charge in [-0.2, -0.15) is 0 Å². The van der Waals surface area contributed by atoms with Crippen molar-refractivity contribution in [1.29, 1.82) is 0 Å². The minimum Gasteiger partial charge on any atom is -0.494 e. The SMILES string of the molecule is O=c1cc(O)[nH][nH]1. The second kappa shape index (κ2) is 1.14. The first-order valence-electron chi connectivity index (χ1n) is 1.76. The van der Waals surface area contributed by atoms with Crippen LogP contribution in [0.4, 0.5) is 0 Å². The average Bonchev–Trinajstić information content (AvgIpc) is 1.87. The van der Waals surface area contributed by atoms with Crippen LogP contribution in [0.25, 0.3) is 0 Å². The summed E-state index contributed by atoms with van der Waals surface area (Å²) in [6.07, 6.45) is 0. The van der Waals surface area contributed by atoms with Crippen LogP contribution in [0.5, 0.6) is 5.88 Å². The monoisotopic (exact) mass is 100 g/mol. The molecule has 0 radical (unpaired) electrons. The minimum atomic E-state index is -0.322. The van der Waals surface area contributed by atoms with E-state index in [0.717, 1.165) is 6.07 Å². The summed E-state index contributed by atoms with van der Waals surface area (Å²) >= 11 is 0. The Bertz CT molecular complexity index is 199. The molecule has 7 heavy (non-hydrogen) atoms. The minimum absolute atomic E-state index is 0.134. The van der Waals surface area contributed by atoms with E-state index >= 15 is 0 Å². The van der Waals surface area contributed by atoms with Gasteiger partial charge >= 0.3 is 0 Å². The highest BCUT2D eigenvalue weighted by Gasteiger charge is 1.84. The standard InChI is InChI=1S/C3H4N2O2/c6-2-1-3(7)5-4-2/h1H,(H3,4,5,6,7). The van der Waals surface area contributed by atoms with Crippen LogP contribution in [0.2, 0.25) is 0 Å². The van der Waals surface area contributed by atoms with Crippen LogP contribution in [-0.2, 0) is 0 Å². The summed E-state index contributed by atoms with van der Waals surface area (Å²) in [6, 6.07) is 1.06. The molecule has 0 aliphatic heterocycles. The number of hydrogen-bond donors (Lipinski definition) is 3. The molecule has 1 heterocycles. The topological polar surface area (TPSA) is 68.9 Å². The lowest BCUT2D eigenvalue weighted by molar-refractivity contribution is 0.452. The first kappa shape index (κ1) is 3.98. The average molecular weight is 100 g/mol. The first-order valence-corrected chi connectivity index (χ1v) is 1.76. The fourth-order valence-electron chi connectivity index (χ4n) is 0.322. The Kier molecular flexibility index (Phi) is 0.651. The molecule has 38 valence electrons. The van der Waals surface area contributed by atoms with Gasteiger partial charge in [-0.3, -0.25) is 15.0 Å². The van der Waals surface area contributed by atoms with Crippen molar-refractivity contribution in [1.82, 2.24) is 10.2 Å². The molecule has 0 bridgehead atoms. The summed E-state index contributed by atoms with van der Waals surface area (Å²) in [4.78, 5) is 10.0. The molecular formula is C3H4N2O2. The van der Waals surface area contributed by atoms with E-state index in [1.807, 2.05) is 0 Å². The van der Waals surface area contributed by atoms with Gasteiger partial charge in [0, 0.05) is 0 Å². The third-order valence-electron chi connectivity index (χ3n) is 0.582. The fraction of sp³-hybridized carbons (Fsp3) is 0. The van der Waals surface area contributed by atoms with Gasteiger partial charge in [0.25, 0.3) is 5.56 Å². The molecule has 1 rings (SSSR count). The lowest BCUT2D eigenvalue weighted by Gasteiger charge is -1.69. The molecule has 0 amide bonds. The maximum atomic E-state index is 10.0. The molecule has 1 aromatic heterocycles. The van der Waals surface area contributed by atoms with Crippen LogP contribution in [-0.4, -0.2) is 15.3 Å². The summed E-state index contributed by atoms with van der Waals surface area (Å²) in [5, 5.41) is 12.7. The third-order valence-corrected chi connectivity index (χ3v) is 0.582. The van der Waals surface area contributed by atoms with Gasteiger partial charge in [-0.15, -0.1) is 0 Å². The summed E-state index contributed by atoms with van der Waals surface area (Å²) < 4.78 is 0. The summed E-state index contributed by atoms with van der Waals surface area (Å²) in [5.41, 5.74) is -0.322. The number of aromatic amines is 2. The third kappa shape index (κ3) is 0.623. The molecular weight excluding hydrogens is 96.0 g/mol. The molecule has 0 unspecified atom stereocenters. The van der Waals surface area contributed by atoms with E-state index < -0.39 is 0 Å². The maximum absolute atomic E-state index is 10.0. The summed E-state index contributed by atoms with van der Waals surface area (Å²) in [5.74, 6) is -0.134. The number of rotatable bonds is 0. The first-order chi connectivity index (χ1) is 3.29. The normalized spacial score (nSPS) is 9.14. The van der Waals surface area contributed by atoms with Crippen molar-refractivity contribution in [2.24, 2.45) is 0 Å². The molecule has 0 saturated carbocycles. The van der Waals surface area contributed by atoms with Gasteiger partial charge in [0.2, 0.25) is 5.88 Å². The van der Waals surface area contributed by atoms with E-state index in [-0.39, 0.29) is 11.4 Å². The maximum Gasteiger partial charge on any atom is 0.267 e. The fourth-order valence-corrected chi connectivity index (χ4v) is 0.322. The number of H-pyrrole nitrogens is 2. The van der Waals surface area contributed by atoms with Crippen LogP contribution in [0.3, 0.4) is 0 Å². The Balaban J connectivity index is 3.30. The van der Waals surface area contributed by atoms with Crippen LogP contribution in [0, 0.1) is 0 Å². The molecule has 0 spiro atoms. The van der Waals surface area contributed by atoms with Crippen LogP contribution >= 0.6 is 0 Å². The molecule has 0 saturated heterocycles. The quantitative estimate of drug-likeness (QED) is 0.407. The summed E-state index contributed by atoms with van der Waals surface area (Å²) in [7, 11) is 0. The van der Waals surface area contributed by atoms with Gasteiger partial charge in [-0.25, -0.2) is 0 Å². The van der Waals surface area contributed by atoms with E-state index in [1.54, 1.807) is 0 Å². The Morgan fingerprint density at radius 3 is 2.43 bits per heavy atom. The van der Waals surface area contributed by atoms with E-state index in [2.05, 4.69) is 10.2 Å². The van der Waals surface area contributed by atoms with E-state index in [1.165, 1.54) is 0 Å². The van der Waals surface area contributed by atoms with Crippen molar-refractivity contribution < 1.29 is 5.11 Å². The van der Waals surface area contributed by atoms with E-state index in [9.17, 15) is 4.79 Å². The number of aromatic hydroxyl groups is 1. The second-order valence-corrected chi connectivity index (χ2v) is 1.14. The van der Waals surface area contributed by atoms with Gasteiger partial charge in [0.05, 0.1) is 6.07 Å². The van der Waals surface area contributed by atoms with E-state index in [0.29, 0.717) is 0 Å². The molecule has 4 heteroatoms. The van der Waals surface area contributed by atoms with Gasteiger partial charge in [0.15, 0.2) is 0 Å². The zero-order valence-corrected chi connectivity index (χ0v) is 3.43. The Morgan fingerprint density at radius 1 is 1.57 bits per heavy atom. The van der Waals surface area contributed by atoms with Crippen LogP contribution < -0.4 is 5.56 Å². The zero-order chi connectivity index (χ0) is 5.28. The molecule has 0 atom stereocenters. The van der Waals surface area contributed by atoms with Crippen LogP contribution in [0.1, 0.15) is 0 Å². The highest BCUT2D eigenvalue weighted by Crippen LogP contribution is 1.89. The van der Waals surface area contributed by atoms with Gasteiger partial charge in [-0.1, -0.05) is 0 Å². The molecule has 3 N–H and O–H groups in total. The van der Waals surface area contributed by atoms with Crippen LogP contribution in [0.15, 0.2) is 10.9 Å². The van der Waals surface area contributed by atoms with E-state index in [4.69, 9.17) is 5.11 Å².